The van der Waals surface area contributed by atoms with Gasteiger partial charge in [0.05, 0.1) is 12.7 Å². The Hall–Kier alpha value is -2.04. The monoisotopic (exact) mass is 287 g/mol. The van der Waals surface area contributed by atoms with Gasteiger partial charge in [0, 0.05) is 13.1 Å². The van der Waals surface area contributed by atoms with Gasteiger partial charge in [-0.05, 0) is 30.2 Å². The van der Waals surface area contributed by atoms with E-state index >= 15 is 0 Å². The molecule has 112 valence electrons. The molecular formula is C17H21NO3. The fraction of sp³-hybridized carbons (Fsp3) is 0.294. The van der Waals surface area contributed by atoms with Crippen molar-refractivity contribution in [2.45, 2.75) is 19.6 Å². The zero-order chi connectivity index (χ0) is 15.1. The molecule has 0 radical (unpaired) electrons. The molecule has 4 nitrogen and oxygen atoms in total. The Morgan fingerprint density at radius 1 is 1.14 bits per heavy atom. The fourth-order valence-corrected chi connectivity index (χ4v) is 2.09. The van der Waals surface area contributed by atoms with E-state index in [9.17, 15) is 10.2 Å². The lowest BCUT2D eigenvalue weighted by Gasteiger charge is -2.13. The normalized spacial score (nSPS) is 12.1. The molecule has 1 unspecified atom stereocenters. The molecule has 0 amide bonds. The summed E-state index contributed by atoms with van der Waals surface area (Å²) in [6.07, 6.45) is -0.533. The molecule has 4 heteroatoms. The molecule has 0 bridgehead atoms. The topological polar surface area (TPSA) is 61.7 Å². The standard InChI is InChI=1S/C17H21NO3/c1-2-21-17-10-13(8-9-15(17)19)11-18-12-16(20)14-6-4-3-5-7-14/h3-10,16,18-20H,2,11-12H2,1H3. The maximum absolute atomic E-state index is 10.1. The van der Waals surface area contributed by atoms with Gasteiger partial charge in [-0.2, -0.15) is 0 Å². The minimum Gasteiger partial charge on any atom is -0.504 e. The Morgan fingerprint density at radius 3 is 2.62 bits per heavy atom. The Kier molecular flexibility index (Phi) is 5.60. The highest BCUT2D eigenvalue weighted by atomic mass is 16.5. The predicted molar refractivity (Wildman–Crippen MR) is 82.4 cm³/mol. The van der Waals surface area contributed by atoms with Gasteiger partial charge in [-0.15, -0.1) is 0 Å². The lowest BCUT2D eigenvalue weighted by Crippen LogP contribution is -2.21. The number of ether oxygens (including phenoxy) is 1. The van der Waals surface area contributed by atoms with E-state index in [-0.39, 0.29) is 5.75 Å². The minimum atomic E-state index is -0.533. The summed E-state index contributed by atoms with van der Waals surface area (Å²) < 4.78 is 5.35. The number of rotatable bonds is 7. The number of hydrogen-bond donors (Lipinski definition) is 3. The Balaban J connectivity index is 1.87. The fourth-order valence-electron chi connectivity index (χ4n) is 2.09. The van der Waals surface area contributed by atoms with Crippen LogP contribution >= 0.6 is 0 Å². The summed E-state index contributed by atoms with van der Waals surface area (Å²) >= 11 is 0. The first-order valence-corrected chi connectivity index (χ1v) is 7.09. The summed E-state index contributed by atoms with van der Waals surface area (Å²) in [7, 11) is 0. The van der Waals surface area contributed by atoms with Gasteiger partial charge in [-0.25, -0.2) is 0 Å². The van der Waals surface area contributed by atoms with E-state index in [4.69, 9.17) is 4.74 Å². The molecule has 1 atom stereocenters. The van der Waals surface area contributed by atoms with Crippen LogP contribution in [0.15, 0.2) is 48.5 Å². The summed E-state index contributed by atoms with van der Waals surface area (Å²) in [5.41, 5.74) is 1.89. The van der Waals surface area contributed by atoms with E-state index in [1.807, 2.05) is 43.3 Å². The molecule has 0 aliphatic rings. The number of phenolic OH excluding ortho intramolecular Hbond substituents is 1. The van der Waals surface area contributed by atoms with E-state index in [0.717, 1.165) is 11.1 Å². The van der Waals surface area contributed by atoms with Crippen LogP contribution in [0.2, 0.25) is 0 Å². The summed E-state index contributed by atoms with van der Waals surface area (Å²) in [5.74, 6) is 0.630. The largest absolute Gasteiger partial charge is 0.504 e. The van der Waals surface area contributed by atoms with Crippen LogP contribution in [0.1, 0.15) is 24.2 Å². The molecular weight excluding hydrogens is 266 g/mol. The molecule has 0 aliphatic carbocycles. The quantitative estimate of drug-likeness (QED) is 0.732. The van der Waals surface area contributed by atoms with Gasteiger partial charge in [0.1, 0.15) is 0 Å². The van der Waals surface area contributed by atoms with Crippen molar-refractivity contribution in [3.63, 3.8) is 0 Å². The van der Waals surface area contributed by atoms with E-state index in [1.54, 1.807) is 12.1 Å². The molecule has 2 aromatic rings. The Labute approximate surface area is 125 Å². The summed E-state index contributed by atoms with van der Waals surface area (Å²) in [6, 6.07) is 14.8. The van der Waals surface area contributed by atoms with E-state index in [2.05, 4.69) is 5.32 Å². The molecule has 0 saturated heterocycles. The number of hydrogen-bond acceptors (Lipinski definition) is 4. The van der Waals surface area contributed by atoms with Crippen LogP contribution in [0, 0.1) is 0 Å². The first-order valence-electron chi connectivity index (χ1n) is 7.09. The van der Waals surface area contributed by atoms with Crippen molar-refractivity contribution in [1.29, 1.82) is 0 Å². The second-order valence-electron chi connectivity index (χ2n) is 4.79. The maximum Gasteiger partial charge on any atom is 0.161 e. The third-order valence-corrected chi connectivity index (χ3v) is 3.18. The molecule has 0 fully saturated rings. The van der Waals surface area contributed by atoms with Gasteiger partial charge in [0.2, 0.25) is 0 Å². The van der Waals surface area contributed by atoms with Gasteiger partial charge in [-0.1, -0.05) is 36.4 Å². The molecule has 2 aromatic carbocycles. The minimum absolute atomic E-state index is 0.143. The first kappa shape index (κ1) is 15.4. The smallest absolute Gasteiger partial charge is 0.161 e. The second-order valence-corrected chi connectivity index (χ2v) is 4.79. The van der Waals surface area contributed by atoms with Crippen molar-refractivity contribution in [1.82, 2.24) is 5.32 Å². The number of phenols is 1. The molecule has 0 aliphatic heterocycles. The van der Waals surface area contributed by atoms with Gasteiger partial charge in [-0.3, -0.25) is 0 Å². The van der Waals surface area contributed by atoms with Crippen LogP contribution in [0.5, 0.6) is 11.5 Å². The van der Waals surface area contributed by atoms with Crippen molar-refractivity contribution in [3.8, 4) is 11.5 Å². The van der Waals surface area contributed by atoms with Gasteiger partial charge in [0.25, 0.3) is 0 Å². The van der Waals surface area contributed by atoms with Crippen LogP contribution in [0.4, 0.5) is 0 Å². The predicted octanol–water partition coefficient (Wildman–Crippen LogP) is 2.61. The lowest BCUT2D eigenvalue weighted by atomic mass is 10.1. The summed E-state index contributed by atoms with van der Waals surface area (Å²) in [4.78, 5) is 0. The third-order valence-electron chi connectivity index (χ3n) is 3.18. The number of aliphatic hydroxyl groups is 1. The highest BCUT2D eigenvalue weighted by molar-refractivity contribution is 5.41. The SMILES string of the molecule is CCOc1cc(CNCC(O)c2ccccc2)ccc1O. The molecule has 0 spiro atoms. The lowest BCUT2D eigenvalue weighted by molar-refractivity contribution is 0.174. The molecule has 2 rings (SSSR count). The highest BCUT2D eigenvalue weighted by Crippen LogP contribution is 2.26. The van der Waals surface area contributed by atoms with Gasteiger partial charge >= 0.3 is 0 Å². The number of aliphatic hydroxyl groups excluding tert-OH is 1. The van der Waals surface area contributed by atoms with Crippen LogP contribution in [0.25, 0.3) is 0 Å². The zero-order valence-corrected chi connectivity index (χ0v) is 12.1. The van der Waals surface area contributed by atoms with Gasteiger partial charge < -0.3 is 20.3 Å². The number of nitrogens with one attached hydrogen (secondary N) is 1. The Morgan fingerprint density at radius 2 is 1.90 bits per heavy atom. The van der Waals surface area contributed by atoms with Crippen molar-refractivity contribution in [3.05, 3.63) is 59.7 Å². The molecule has 3 N–H and O–H groups in total. The van der Waals surface area contributed by atoms with Crippen LogP contribution < -0.4 is 10.1 Å². The first-order chi connectivity index (χ1) is 10.2. The van der Waals surface area contributed by atoms with E-state index in [1.165, 1.54) is 0 Å². The van der Waals surface area contributed by atoms with Crippen LogP contribution in [-0.2, 0) is 6.54 Å². The van der Waals surface area contributed by atoms with Gasteiger partial charge in [0.15, 0.2) is 11.5 Å². The zero-order valence-electron chi connectivity index (χ0n) is 12.1. The second kappa shape index (κ2) is 7.67. The molecule has 0 aromatic heterocycles. The third kappa shape index (κ3) is 4.48. The summed E-state index contributed by atoms with van der Waals surface area (Å²) in [6.45, 7) is 3.46. The molecule has 0 saturated carbocycles. The highest BCUT2D eigenvalue weighted by Gasteiger charge is 2.07. The number of aromatic hydroxyl groups is 1. The van der Waals surface area contributed by atoms with Crippen molar-refractivity contribution in [2.24, 2.45) is 0 Å². The average molecular weight is 287 g/mol. The van der Waals surface area contributed by atoms with Crippen molar-refractivity contribution in [2.75, 3.05) is 13.2 Å². The van der Waals surface area contributed by atoms with E-state index in [0.29, 0.717) is 25.4 Å². The van der Waals surface area contributed by atoms with Crippen molar-refractivity contribution < 1.29 is 14.9 Å². The van der Waals surface area contributed by atoms with E-state index < -0.39 is 6.10 Å². The summed E-state index contributed by atoms with van der Waals surface area (Å²) in [5, 5.41) is 22.9. The van der Waals surface area contributed by atoms with Crippen LogP contribution in [-0.4, -0.2) is 23.4 Å². The Bertz CT molecular complexity index is 557. The van der Waals surface area contributed by atoms with Crippen LogP contribution in [0.3, 0.4) is 0 Å². The maximum atomic E-state index is 10.1. The number of benzene rings is 2. The average Bonchev–Trinajstić information content (AvgIpc) is 2.51. The molecule has 21 heavy (non-hydrogen) atoms. The molecule has 0 heterocycles. The van der Waals surface area contributed by atoms with Crippen molar-refractivity contribution >= 4 is 0 Å².